The molecule has 0 saturated carbocycles. The number of hydrogen-bond acceptors (Lipinski definition) is 3. The highest BCUT2D eigenvalue weighted by Gasteiger charge is 2.23. The molecular formula is C19H27NO3. The molecule has 1 unspecified atom stereocenters. The Morgan fingerprint density at radius 1 is 1.17 bits per heavy atom. The highest BCUT2D eigenvalue weighted by Crippen LogP contribution is 2.31. The number of aliphatic hydroxyl groups excluding tert-OH is 1. The second-order valence-electron chi connectivity index (χ2n) is 6.47. The standard InChI is InChI=1S/C19H27NO3/c1-14-8-10-17-15(12-14)9-11-18(17)20-19(23)7-5-3-2-4-6-16(22)13-21/h8,10,12,18,21H,2-7,9,11,13H2,1H3,(H,20,23). The van der Waals surface area contributed by atoms with E-state index in [1.165, 1.54) is 16.7 Å². The lowest BCUT2D eigenvalue weighted by molar-refractivity contribution is -0.122. The van der Waals surface area contributed by atoms with E-state index in [1.54, 1.807) is 0 Å². The third-order valence-electron chi connectivity index (χ3n) is 4.50. The van der Waals surface area contributed by atoms with Crippen molar-refractivity contribution < 1.29 is 14.7 Å². The minimum absolute atomic E-state index is 0.0992. The minimum Gasteiger partial charge on any atom is -0.389 e. The van der Waals surface area contributed by atoms with Crippen molar-refractivity contribution in [3.63, 3.8) is 0 Å². The normalized spacial score (nSPS) is 16.2. The zero-order valence-corrected chi connectivity index (χ0v) is 13.9. The van der Waals surface area contributed by atoms with Crippen molar-refractivity contribution in [3.05, 3.63) is 34.9 Å². The zero-order chi connectivity index (χ0) is 16.7. The molecule has 126 valence electrons. The number of rotatable bonds is 9. The topological polar surface area (TPSA) is 66.4 Å². The van der Waals surface area contributed by atoms with Gasteiger partial charge in [0.05, 0.1) is 6.04 Å². The third-order valence-corrected chi connectivity index (χ3v) is 4.50. The molecule has 2 rings (SSSR count). The summed E-state index contributed by atoms with van der Waals surface area (Å²) in [4.78, 5) is 23.0. The van der Waals surface area contributed by atoms with Crippen molar-refractivity contribution in [3.8, 4) is 0 Å². The van der Waals surface area contributed by atoms with E-state index in [2.05, 4.69) is 30.4 Å². The summed E-state index contributed by atoms with van der Waals surface area (Å²) in [5.41, 5.74) is 3.91. The molecule has 1 amide bonds. The van der Waals surface area contributed by atoms with Gasteiger partial charge in [0.15, 0.2) is 5.78 Å². The molecule has 0 spiro atoms. The quantitative estimate of drug-likeness (QED) is 0.688. The molecule has 1 aromatic rings. The predicted octanol–water partition coefficient (Wildman–Crippen LogP) is 3.00. The van der Waals surface area contributed by atoms with Gasteiger partial charge in [-0.3, -0.25) is 9.59 Å². The zero-order valence-electron chi connectivity index (χ0n) is 13.9. The summed E-state index contributed by atoms with van der Waals surface area (Å²) >= 11 is 0. The molecule has 0 bridgehead atoms. The summed E-state index contributed by atoms with van der Waals surface area (Å²) in [6.45, 7) is 1.74. The summed E-state index contributed by atoms with van der Waals surface area (Å²) in [7, 11) is 0. The maximum absolute atomic E-state index is 12.1. The highest BCUT2D eigenvalue weighted by molar-refractivity contribution is 5.79. The number of aryl methyl sites for hydroxylation is 2. The molecule has 1 atom stereocenters. The van der Waals surface area contributed by atoms with Crippen LogP contribution in [0.3, 0.4) is 0 Å². The fourth-order valence-electron chi connectivity index (χ4n) is 3.20. The third kappa shape index (κ3) is 5.47. The molecular weight excluding hydrogens is 290 g/mol. The van der Waals surface area contributed by atoms with Crippen LogP contribution in [0.25, 0.3) is 0 Å². The first-order valence-corrected chi connectivity index (χ1v) is 8.61. The predicted molar refractivity (Wildman–Crippen MR) is 90.2 cm³/mol. The number of carbonyl (C=O) groups is 2. The maximum Gasteiger partial charge on any atom is 0.220 e. The van der Waals surface area contributed by atoms with Crippen molar-refractivity contribution >= 4 is 11.7 Å². The van der Waals surface area contributed by atoms with E-state index in [4.69, 9.17) is 5.11 Å². The van der Waals surface area contributed by atoms with Crippen LogP contribution < -0.4 is 5.32 Å². The molecule has 1 aliphatic carbocycles. The Bertz CT molecular complexity index is 554. The first-order chi connectivity index (χ1) is 11.1. The van der Waals surface area contributed by atoms with Crippen LogP contribution in [0.1, 0.15) is 67.7 Å². The van der Waals surface area contributed by atoms with Crippen molar-refractivity contribution in [1.82, 2.24) is 5.32 Å². The number of fused-ring (bicyclic) bond motifs is 1. The molecule has 1 aromatic carbocycles. The molecule has 0 aliphatic heterocycles. The average Bonchev–Trinajstić information content (AvgIpc) is 2.92. The van der Waals surface area contributed by atoms with E-state index in [-0.39, 0.29) is 24.3 Å². The Kier molecular flexibility index (Phi) is 6.78. The Hall–Kier alpha value is -1.68. The van der Waals surface area contributed by atoms with Crippen LogP contribution in [0.2, 0.25) is 0 Å². The van der Waals surface area contributed by atoms with Gasteiger partial charge in [0.2, 0.25) is 5.91 Å². The van der Waals surface area contributed by atoms with E-state index in [9.17, 15) is 9.59 Å². The molecule has 4 heteroatoms. The summed E-state index contributed by atoms with van der Waals surface area (Å²) in [5, 5.41) is 11.8. The van der Waals surface area contributed by atoms with E-state index in [0.29, 0.717) is 12.8 Å². The molecule has 0 heterocycles. The molecule has 0 radical (unpaired) electrons. The lowest BCUT2D eigenvalue weighted by atomic mass is 10.0. The Labute approximate surface area is 138 Å². The van der Waals surface area contributed by atoms with E-state index < -0.39 is 0 Å². The van der Waals surface area contributed by atoms with Gasteiger partial charge in [0, 0.05) is 12.8 Å². The summed E-state index contributed by atoms with van der Waals surface area (Å²) in [6, 6.07) is 6.63. The van der Waals surface area contributed by atoms with Crippen LogP contribution in [0.15, 0.2) is 18.2 Å². The van der Waals surface area contributed by atoms with Crippen LogP contribution >= 0.6 is 0 Å². The molecule has 0 aromatic heterocycles. The molecule has 1 aliphatic rings. The first kappa shape index (κ1) is 17.7. The Balaban J connectivity index is 1.64. The number of carbonyl (C=O) groups excluding carboxylic acids is 2. The fraction of sp³-hybridized carbons (Fsp3) is 0.579. The summed E-state index contributed by atoms with van der Waals surface area (Å²) < 4.78 is 0. The van der Waals surface area contributed by atoms with Crippen molar-refractivity contribution in [2.75, 3.05) is 6.61 Å². The largest absolute Gasteiger partial charge is 0.389 e. The van der Waals surface area contributed by atoms with Gasteiger partial charge in [-0.1, -0.05) is 36.6 Å². The number of Topliss-reactive ketones (excluding diaryl/α,β-unsaturated/α-hetero) is 1. The monoisotopic (exact) mass is 317 g/mol. The van der Waals surface area contributed by atoms with Gasteiger partial charge in [-0.05, 0) is 43.7 Å². The van der Waals surface area contributed by atoms with Gasteiger partial charge >= 0.3 is 0 Å². The van der Waals surface area contributed by atoms with E-state index >= 15 is 0 Å². The van der Waals surface area contributed by atoms with Gasteiger partial charge < -0.3 is 10.4 Å². The summed E-state index contributed by atoms with van der Waals surface area (Å²) in [5.74, 6) is 0.0211. The minimum atomic E-state index is -0.356. The van der Waals surface area contributed by atoms with Crippen LogP contribution in [0.4, 0.5) is 0 Å². The second-order valence-corrected chi connectivity index (χ2v) is 6.47. The number of nitrogens with one attached hydrogen (secondary N) is 1. The molecule has 2 N–H and O–H groups in total. The lowest BCUT2D eigenvalue weighted by Gasteiger charge is -2.14. The van der Waals surface area contributed by atoms with E-state index in [1.807, 2.05) is 0 Å². The van der Waals surface area contributed by atoms with Crippen molar-refractivity contribution in [2.45, 2.75) is 64.3 Å². The SMILES string of the molecule is Cc1ccc2c(c1)CCC2NC(=O)CCCCCCC(=O)CO. The molecule has 23 heavy (non-hydrogen) atoms. The molecule has 4 nitrogen and oxygen atoms in total. The number of ketones is 1. The van der Waals surface area contributed by atoms with Crippen molar-refractivity contribution in [1.29, 1.82) is 0 Å². The number of hydrogen-bond donors (Lipinski definition) is 2. The Morgan fingerprint density at radius 2 is 1.91 bits per heavy atom. The highest BCUT2D eigenvalue weighted by atomic mass is 16.3. The van der Waals surface area contributed by atoms with Gasteiger partial charge in [-0.25, -0.2) is 0 Å². The number of unbranched alkanes of at least 4 members (excludes halogenated alkanes) is 3. The van der Waals surface area contributed by atoms with Crippen LogP contribution in [-0.2, 0) is 16.0 Å². The summed E-state index contributed by atoms with van der Waals surface area (Å²) in [6.07, 6.45) is 6.57. The maximum atomic E-state index is 12.1. The number of amides is 1. The molecule has 0 fully saturated rings. The molecule has 0 saturated heterocycles. The first-order valence-electron chi connectivity index (χ1n) is 8.61. The van der Waals surface area contributed by atoms with Crippen LogP contribution in [0, 0.1) is 6.92 Å². The number of aliphatic hydroxyl groups is 1. The smallest absolute Gasteiger partial charge is 0.220 e. The van der Waals surface area contributed by atoms with Crippen LogP contribution in [-0.4, -0.2) is 23.4 Å². The van der Waals surface area contributed by atoms with Gasteiger partial charge in [-0.15, -0.1) is 0 Å². The second kappa shape index (κ2) is 8.82. The van der Waals surface area contributed by atoms with Gasteiger partial charge in [0.1, 0.15) is 6.61 Å². The van der Waals surface area contributed by atoms with Gasteiger partial charge in [-0.2, -0.15) is 0 Å². The average molecular weight is 317 g/mol. The Morgan fingerprint density at radius 3 is 2.65 bits per heavy atom. The lowest BCUT2D eigenvalue weighted by Crippen LogP contribution is -2.26. The fourth-order valence-corrected chi connectivity index (χ4v) is 3.20. The van der Waals surface area contributed by atoms with E-state index in [0.717, 1.165) is 38.5 Å². The van der Waals surface area contributed by atoms with Crippen molar-refractivity contribution in [2.24, 2.45) is 0 Å². The number of benzene rings is 1. The van der Waals surface area contributed by atoms with Gasteiger partial charge in [0.25, 0.3) is 0 Å². The van der Waals surface area contributed by atoms with Crippen LogP contribution in [0.5, 0.6) is 0 Å².